The van der Waals surface area contributed by atoms with E-state index in [1.54, 1.807) is 12.1 Å². The highest BCUT2D eigenvalue weighted by Crippen LogP contribution is 2.19. The standard InChI is InChI=1S/C19H22FNO3/c1-3-16(24-18-12-8-6-10-15(18)20)19(22)21-13-14-9-5-7-11-17(14)23-4-2/h5-12,16H,3-4,13H2,1-2H3,(H,21,22)/t16-/m0/s1. The molecule has 5 heteroatoms. The molecule has 0 unspecified atom stereocenters. The Hall–Kier alpha value is -2.56. The van der Waals surface area contributed by atoms with Gasteiger partial charge in [0.25, 0.3) is 5.91 Å². The fourth-order valence-electron chi connectivity index (χ4n) is 2.26. The van der Waals surface area contributed by atoms with Crippen LogP contribution in [0, 0.1) is 5.82 Å². The van der Waals surface area contributed by atoms with Crippen molar-refractivity contribution in [2.75, 3.05) is 6.61 Å². The minimum atomic E-state index is -0.749. The van der Waals surface area contributed by atoms with Gasteiger partial charge in [0, 0.05) is 12.1 Å². The first-order valence-electron chi connectivity index (χ1n) is 8.05. The van der Waals surface area contributed by atoms with E-state index in [9.17, 15) is 9.18 Å². The van der Waals surface area contributed by atoms with Crippen molar-refractivity contribution in [2.45, 2.75) is 32.9 Å². The number of para-hydroxylation sites is 2. The van der Waals surface area contributed by atoms with Crippen LogP contribution in [0.25, 0.3) is 0 Å². The van der Waals surface area contributed by atoms with E-state index in [1.807, 2.05) is 38.1 Å². The van der Waals surface area contributed by atoms with E-state index in [0.717, 1.165) is 11.3 Å². The summed E-state index contributed by atoms with van der Waals surface area (Å²) in [7, 11) is 0. The Kier molecular flexibility index (Phi) is 6.61. The molecule has 0 radical (unpaired) electrons. The number of hydrogen-bond donors (Lipinski definition) is 1. The quantitative estimate of drug-likeness (QED) is 0.802. The predicted octanol–water partition coefficient (Wildman–Crippen LogP) is 3.70. The van der Waals surface area contributed by atoms with Gasteiger partial charge in [0.15, 0.2) is 17.7 Å². The lowest BCUT2D eigenvalue weighted by molar-refractivity contribution is -0.128. The molecular formula is C19H22FNO3. The van der Waals surface area contributed by atoms with Crippen molar-refractivity contribution in [2.24, 2.45) is 0 Å². The first kappa shape index (κ1) is 17.8. The summed E-state index contributed by atoms with van der Waals surface area (Å²) in [6, 6.07) is 13.6. The zero-order valence-corrected chi connectivity index (χ0v) is 13.9. The molecule has 2 rings (SSSR count). The number of rotatable bonds is 8. The molecule has 1 N–H and O–H groups in total. The van der Waals surface area contributed by atoms with Crippen molar-refractivity contribution in [3.05, 3.63) is 59.9 Å². The van der Waals surface area contributed by atoms with Gasteiger partial charge in [0.2, 0.25) is 0 Å². The monoisotopic (exact) mass is 331 g/mol. The minimum Gasteiger partial charge on any atom is -0.494 e. The average molecular weight is 331 g/mol. The second-order valence-corrected chi connectivity index (χ2v) is 5.20. The van der Waals surface area contributed by atoms with Crippen molar-refractivity contribution in [1.29, 1.82) is 0 Å². The van der Waals surface area contributed by atoms with Crippen LogP contribution in [0.2, 0.25) is 0 Å². The molecule has 0 aliphatic heterocycles. The van der Waals surface area contributed by atoms with E-state index >= 15 is 0 Å². The molecule has 0 aromatic heterocycles. The molecule has 2 aromatic rings. The number of halogens is 1. The van der Waals surface area contributed by atoms with Crippen molar-refractivity contribution in [3.8, 4) is 11.5 Å². The van der Waals surface area contributed by atoms with Gasteiger partial charge < -0.3 is 14.8 Å². The normalized spacial score (nSPS) is 11.6. The summed E-state index contributed by atoms with van der Waals surface area (Å²) in [5, 5.41) is 2.82. The molecule has 1 amide bonds. The van der Waals surface area contributed by atoms with Gasteiger partial charge >= 0.3 is 0 Å². The van der Waals surface area contributed by atoms with Gasteiger partial charge in [-0.2, -0.15) is 0 Å². The van der Waals surface area contributed by atoms with Crippen molar-refractivity contribution in [1.82, 2.24) is 5.32 Å². The maximum absolute atomic E-state index is 13.7. The van der Waals surface area contributed by atoms with Gasteiger partial charge in [-0.1, -0.05) is 37.3 Å². The summed E-state index contributed by atoms with van der Waals surface area (Å²) in [5.41, 5.74) is 0.883. The number of hydrogen-bond acceptors (Lipinski definition) is 3. The summed E-state index contributed by atoms with van der Waals surface area (Å²) < 4.78 is 24.7. The predicted molar refractivity (Wildman–Crippen MR) is 90.6 cm³/mol. The van der Waals surface area contributed by atoms with Crippen molar-refractivity contribution < 1.29 is 18.7 Å². The third-order valence-corrected chi connectivity index (χ3v) is 3.49. The second-order valence-electron chi connectivity index (χ2n) is 5.20. The average Bonchev–Trinajstić information content (AvgIpc) is 2.60. The summed E-state index contributed by atoms with van der Waals surface area (Å²) in [6.07, 6.45) is -0.311. The van der Waals surface area contributed by atoms with E-state index in [-0.39, 0.29) is 11.7 Å². The SMILES string of the molecule is CCOc1ccccc1CNC(=O)[C@H](CC)Oc1ccccc1F. The first-order valence-corrected chi connectivity index (χ1v) is 8.05. The number of amides is 1. The van der Waals surface area contributed by atoms with Crippen LogP contribution in [-0.4, -0.2) is 18.6 Å². The van der Waals surface area contributed by atoms with Crippen LogP contribution in [0.1, 0.15) is 25.8 Å². The molecule has 0 aliphatic rings. The van der Waals surface area contributed by atoms with Gasteiger partial charge in [-0.3, -0.25) is 4.79 Å². The molecule has 0 saturated heterocycles. The van der Waals surface area contributed by atoms with Crippen LogP contribution in [0.5, 0.6) is 11.5 Å². The Labute approximate surface area is 141 Å². The smallest absolute Gasteiger partial charge is 0.261 e. The molecule has 0 spiro atoms. The molecule has 2 aromatic carbocycles. The van der Waals surface area contributed by atoms with Gasteiger partial charge in [-0.15, -0.1) is 0 Å². The molecule has 24 heavy (non-hydrogen) atoms. The molecular weight excluding hydrogens is 309 g/mol. The van der Waals surface area contributed by atoms with E-state index in [0.29, 0.717) is 19.6 Å². The summed E-state index contributed by atoms with van der Waals surface area (Å²) >= 11 is 0. The van der Waals surface area contributed by atoms with Crippen molar-refractivity contribution in [3.63, 3.8) is 0 Å². The lowest BCUT2D eigenvalue weighted by Gasteiger charge is -2.18. The Balaban J connectivity index is 1.99. The summed E-state index contributed by atoms with van der Waals surface area (Å²) in [6.45, 7) is 4.61. The van der Waals surface area contributed by atoms with Crippen molar-refractivity contribution >= 4 is 5.91 Å². The lowest BCUT2D eigenvalue weighted by atomic mass is 10.2. The molecule has 1 atom stereocenters. The Morgan fingerprint density at radius 1 is 1.08 bits per heavy atom. The van der Waals surface area contributed by atoms with Gasteiger partial charge in [-0.25, -0.2) is 4.39 Å². The molecule has 0 saturated carbocycles. The third kappa shape index (κ3) is 4.72. The second kappa shape index (κ2) is 8.91. The highest BCUT2D eigenvalue weighted by atomic mass is 19.1. The topological polar surface area (TPSA) is 47.6 Å². The lowest BCUT2D eigenvalue weighted by Crippen LogP contribution is -2.37. The molecule has 0 aliphatic carbocycles. The van der Waals surface area contributed by atoms with Gasteiger partial charge in [0.1, 0.15) is 5.75 Å². The largest absolute Gasteiger partial charge is 0.494 e. The Morgan fingerprint density at radius 3 is 2.42 bits per heavy atom. The number of ether oxygens (including phenoxy) is 2. The highest BCUT2D eigenvalue weighted by Gasteiger charge is 2.19. The number of carbonyl (C=O) groups is 1. The van der Waals surface area contributed by atoms with E-state index in [2.05, 4.69) is 5.32 Å². The third-order valence-electron chi connectivity index (χ3n) is 3.49. The Bertz CT molecular complexity index is 675. The van der Waals surface area contributed by atoms with E-state index in [1.165, 1.54) is 12.1 Å². The van der Waals surface area contributed by atoms with E-state index in [4.69, 9.17) is 9.47 Å². The molecule has 128 valence electrons. The summed E-state index contributed by atoms with van der Waals surface area (Å²) in [4.78, 5) is 12.3. The molecule has 0 heterocycles. The maximum atomic E-state index is 13.7. The molecule has 0 fully saturated rings. The van der Waals surface area contributed by atoms with E-state index < -0.39 is 11.9 Å². The highest BCUT2D eigenvalue weighted by molar-refractivity contribution is 5.81. The fourth-order valence-corrected chi connectivity index (χ4v) is 2.26. The zero-order valence-electron chi connectivity index (χ0n) is 13.9. The molecule has 0 bridgehead atoms. The minimum absolute atomic E-state index is 0.0780. The Morgan fingerprint density at radius 2 is 1.75 bits per heavy atom. The van der Waals surface area contributed by atoms with Crippen LogP contribution in [0.3, 0.4) is 0 Å². The molecule has 4 nitrogen and oxygen atoms in total. The van der Waals surface area contributed by atoms with Gasteiger partial charge in [-0.05, 0) is 31.5 Å². The number of benzene rings is 2. The maximum Gasteiger partial charge on any atom is 0.261 e. The van der Waals surface area contributed by atoms with Gasteiger partial charge in [0.05, 0.1) is 6.61 Å². The van der Waals surface area contributed by atoms with Crippen LogP contribution in [0.15, 0.2) is 48.5 Å². The fraction of sp³-hybridized carbons (Fsp3) is 0.316. The van der Waals surface area contributed by atoms with Crippen LogP contribution < -0.4 is 14.8 Å². The van der Waals surface area contributed by atoms with Crippen LogP contribution in [0.4, 0.5) is 4.39 Å². The first-order chi connectivity index (χ1) is 11.7. The van der Waals surface area contributed by atoms with Crippen LogP contribution in [-0.2, 0) is 11.3 Å². The number of nitrogens with one attached hydrogen (secondary N) is 1. The zero-order chi connectivity index (χ0) is 17.4. The van der Waals surface area contributed by atoms with Crippen LogP contribution >= 0.6 is 0 Å². The number of carbonyl (C=O) groups excluding carboxylic acids is 1. The summed E-state index contributed by atoms with van der Waals surface area (Å²) in [5.74, 6) is 0.0510.